The largest absolute Gasteiger partial charge is 0.382 e. The molecule has 1 aromatic heterocycles. The van der Waals surface area contributed by atoms with Gasteiger partial charge in [-0.25, -0.2) is 9.97 Å². The summed E-state index contributed by atoms with van der Waals surface area (Å²) in [5.41, 5.74) is 8.52. The number of hydrogen-bond acceptors (Lipinski definition) is 7. The molecule has 8 nitrogen and oxygen atoms in total. The normalized spacial score (nSPS) is 14.4. The zero-order valence-corrected chi connectivity index (χ0v) is 23.7. The van der Waals surface area contributed by atoms with Gasteiger partial charge in [0, 0.05) is 49.4 Å². The molecule has 4 rings (SSSR count). The predicted molar refractivity (Wildman–Crippen MR) is 158 cm³/mol. The summed E-state index contributed by atoms with van der Waals surface area (Å²) in [6.45, 7) is 7.45. The number of rotatable bonds is 11. The van der Waals surface area contributed by atoms with Crippen LogP contribution in [-0.4, -0.2) is 64.9 Å². The molecule has 0 radical (unpaired) electrons. The van der Waals surface area contributed by atoms with Crippen LogP contribution in [0.3, 0.4) is 0 Å². The Labute approximate surface area is 237 Å². The Morgan fingerprint density at radius 1 is 0.946 bits per heavy atom. The molecule has 2 heterocycles. The van der Waals surface area contributed by atoms with Gasteiger partial charge in [0.15, 0.2) is 22.5 Å². The maximum Gasteiger partial charge on any atom is 0.273 e. The SMILES string of the molecule is Nc1nc(NCc2ccc(I)cc2)c(Cl)nc1C(=O)NCCCCN1CCN(Cc2ccccc2)CC1. The van der Waals surface area contributed by atoms with Crippen LogP contribution in [0.2, 0.25) is 5.15 Å². The van der Waals surface area contributed by atoms with E-state index in [9.17, 15) is 4.79 Å². The van der Waals surface area contributed by atoms with Gasteiger partial charge in [0.2, 0.25) is 0 Å². The smallest absolute Gasteiger partial charge is 0.273 e. The summed E-state index contributed by atoms with van der Waals surface area (Å²) in [5.74, 6) is 0.0594. The van der Waals surface area contributed by atoms with Gasteiger partial charge in [-0.15, -0.1) is 0 Å². The monoisotopic (exact) mass is 633 g/mol. The van der Waals surface area contributed by atoms with E-state index in [2.05, 4.69) is 83.3 Å². The lowest BCUT2D eigenvalue weighted by Crippen LogP contribution is -2.46. The van der Waals surface area contributed by atoms with Crippen molar-refractivity contribution in [3.8, 4) is 0 Å². The molecular formula is C27H33ClIN7O. The van der Waals surface area contributed by atoms with Crippen LogP contribution in [0.25, 0.3) is 0 Å². The highest BCUT2D eigenvalue weighted by Gasteiger charge is 2.18. The van der Waals surface area contributed by atoms with Crippen molar-refractivity contribution in [2.75, 3.05) is 50.3 Å². The number of unbranched alkanes of at least 4 members (excludes halogenated alkanes) is 1. The molecule has 0 aliphatic carbocycles. The number of carbonyl (C=O) groups excluding carboxylic acids is 1. The van der Waals surface area contributed by atoms with E-state index in [4.69, 9.17) is 17.3 Å². The van der Waals surface area contributed by atoms with Crippen LogP contribution in [-0.2, 0) is 13.1 Å². The van der Waals surface area contributed by atoms with Crippen molar-refractivity contribution in [1.82, 2.24) is 25.1 Å². The minimum absolute atomic E-state index is 0.0550. The summed E-state index contributed by atoms with van der Waals surface area (Å²) in [7, 11) is 0. The van der Waals surface area contributed by atoms with Crippen LogP contribution < -0.4 is 16.4 Å². The van der Waals surface area contributed by atoms with Crippen LogP contribution in [0, 0.1) is 3.57 Å². The highest BCUT2D eigenvalue weighted by molar-refractivity contribution is 14.1. The lowest BCUT2D eigenvalue weighted by Gasteiger charge is -2.34. The average Bonchev–Trinajstić information content (AvgIpc) is 2.91. The Bertz CT molecular complexity index is 1160. The van der Waals surface area contributed by atoms with Crippen molar-refractivity contribution >= 4 is 51.7 Å². The fourth-order valence-corrected chi connectivity index (χ4v) is 4.81. The first-order valence-electron chi connectivity index (χ1n) is 12.6. The van der Waals surface area contributed by atoms with Crippen molar-refractivity contribution in [1.29, 1.82) is 0 Å². The topological polar surface area (TPSA) is 99.4 Å². The third-order valence-corrected chi connectivity index (χ3v) is 7.35. The van der Waals surface area contributed by atoms with Crippen molar-refractivity contribution in [2.24, 2.45) is 0 Å². The first-order chi connectivity index (χ1) is 18.0. The van der Waals surface area contributed by atoms with Crippen LogP contribution >= 0.6 is 34.2 Å². The van der Waals surface area contributed by atoms with Gasteiger partial charge in [0.1, 0.15) is 0 Å². The average molecular weight is 634 g/mol. The third-order valence-electron chi connectivity index (χ3n) is 6.37. The highest BCUT2D eigenvalue weighted by Crippen LogP contribution is 2.21. The lowest BCUT2D eigenvalue weighted by molar-refractivity contribution is 0.0947. The zero-order valence-electron chi connectivity index (χ0n) is 20.8. The highest BCUT2D eigenvalue weighted by atomic mass is 127. The molecule has 2 aromatic carbocycles. The van der Waals surface area contributed by atoms with Crippen molar-refractivity contribution in [3.63, 3.8) is 0 Å². The molecule has 0 saturated carbocycles. The number of piperazine rings is 1. The van der Waals surface area contributed by atoms with Crippen LogP contribution in [0.4, 0.5) is 11.6 Å². The quantitative estimate of drug-likeness (QED) is 0.215. The van der Waals surface area contributed by atoms with E-state index in [1.54, 1.807) is 0 Å². The fraction of sp³-hybridized carbons (Fsp3) is 0.370. The van der Waals surface area contributed by atoms with Gasteiger partial charge in [-0.05, 0) is 65.2 Å². The molecule has 37 heavy (non-hydrogen) atoms. The number of nitrogens with zero attached hydrogens (tertiary/aromatic N) is 4. The summed E-state index contributed by atoms with van der Waals surface area (Å²) >= 11 is 8.54. The predicted octanol–water partition coefficient (Wildman–Crippen LogP) is 4.26. The van der Waals surface area contributed by atoms with Crippen molar-refractivity contribution < 1.29 is 4.79 Å². The maximum atomic E-state index is 12.6. The zero-order chi connectivity index (χ0) is 26.0. The van der Waals surface area contributed by atoms with E-state index in [1.807, 2.05) is 24.3 Å². The molecule has 4 N–H and O–H groups in total. The number of benzene rings is 2. The first kappa shape index (κ1) is 27.6. The van der Waals surface area contributed by atoms with Crippen LogP contribution in [0.15, 0.2) is 54.6 Å². The van der Waals surface area contributed by atoms with E-state index in [0.29, 0.717) is 18.9 Å². The van der Waals surface area contributed by atoms with Gasteiger partial charge in [-0.1, -0.05) is 54.1 Å². The number of nitrogens with one attached hydrogen (secondary N) is 2. The van der Waals surface area contributed by atoms with Gasteiger partial charge in [-0.3, -0.25) is 9.69 Å². The van der Waals surface area contributed by atoms with E-state index in [-0.39, 0.29) is 22.6 Å². The molecule has 1 saturated heterocycles. The second kappa shape index (κ2) is 13.9. The molecule has 1 fully saturated rings. The molecule has 1 aliphatic rings. The summed E-state index contributed by atoms with van der Waals surface area (Å²) in [6, 6.07) is 18.7. The number of halogens is 2. The molecule has 0 bridgehead atoms. The molecule has 196 valence electrons. The molecular weight excluding hydrogens is 601 g/mol. The van der Waals surface area contributed by atoms with Crippen molar-refractivity contribution in [2.45, 2.75) is 25.9 Å². The van der Waals surface area contributed by atoms with Gasteiger partial charge < -0.3 is 21.3 Å². The minimum Gasteiger partial charge on any atom is -0.382 e. The number of amides is 1. The Morgan fingerprint density at radius 3 is 2.38 bits per heavy atom. The van der Waals surface area contributed by atoms with Gasteiger partial charge in [0.25, 0.3) is 5.91 Å². The second-order valence-corrected chi connectivity index (χ2v) is 10.7. The number of nitrogen functional groups attached to an aromatic ring is 1. The number of nitrogens with two attached hydrogens (primary N) is 1. The van der Waals surface area contributed by atoms with E-state index in [1.165, 1.54) is 5.56 Å². The first-order valence-corrected chi connectivity index (χ1v) is 14.0. The summed E-state index contributed by atoms with van der Waals surface area (Å²) < 4.78 is 1.16. The fourth-order valence-electron chi connectivity index (χ4n) is 4.25. The third kappa shape index (κ3) is 8.53. The Hall–Kier alpha value is -2.47. The molecule has 1 aliphatic heterocycles. The summed E-state index contributed by atoms with van der Waals surface area (Å²) in [4.78, 5) is 26.1. The van der Waals surface area contributed by atoms with Gasteiger partial charge >= 0.3 is 0 Å². The number of aromatic nitrogens is 2. The van der Waals surface area contributed by atoms with Gasteiger partial charge in [0.05, 0.1) is 0 Å². The Morgan fingerprint density at radius 2 is 1.65 bits per heavy atom. The maximum absolute atomic E-state index is 12.6. The van der Waals surface area contributed by atoms with Crippen molar-refractivity contribution in [3.05, 3.63) is 80.1 Å². The number of hydrogen-bond donors (Lipinski definition) is 3. The molecule has 10 heteroatoms. The molecule has 0 atom stereocenters. The summed E-state index contributed by atoms with van der Waals surface area (Å²) in [5, 5.41) is 6.15. The number of carbonyl (C=O) groups is 1. The molecule has 0 unspecified atom stereocenters. The van der Waals surface area contributed by atoms with E-state index in [0.717, 1.165) is 61.2 Å². The molecule has 0 spiro atoms. The molecule has 3 aromatic rings. The van der Waals surface area contributed by atoms with E-state index < -0.39 is 0 Å². The minimum atomic E-state index is -0.356. The van der Waals surface area contributed by atoms with Crippen LogP contribution in [0.5, 0.6) is 0 Å². The lowest BCUT2D eigenvalue weighted by atomic mass is 10.2. The standard InChI is InChI=1S/C27H33ClIN7O/c28-24-26(32-18-20-8-10-22(29)11-9-20)34-25(30)23(33-24)27(37)31-12-4-5-13-35-14-16-36(17-15-35)19-21-6-2-1-3-7-21/h1-3,6-11H,4-5,12-19H2,(H,31,37)(H3,30,32,34). The summed E-state index contributed by atoms with van der Waals surface area (Å²) in [6.07, 6.45) is 1.90. The Kier molecular flexibility index (Phi) is 10.4. The van der Waals surface area contributed by atoms with Crippen LogP contribution in [0.1, 0.15) is 34.5 Å². The number of anilines is 2. The van der Waals surface area contributed by atoms with Gasteiger partial charge in [-0.2, -0.15) is 0 Å². The van der Waals surface area contributed by atoms with E-state index >= 15 is 0 Å². The second-order valence-electron chi connectivity index (χ2n) is 9.14. The Balaban J connectivity index is 1.14. The molecule has 1 amide bonds.